The minimum absolute atomic E-state index is 0.280. The standard InChI is InChI=1S/C19H24ClN3O/c1-3-23(4-2)12-11-22-19-17-14(8-6-10-21-17)13-15-7-5-9-16(20)18(15)24-19/h5-10,19,22H,3-4,11-13H2,1-2H3. The Morgan fingerprint density at radius 1 is 1.21 bits per heavy atom. The van der Waals surface area contributed by atoms with Crippen molar-refractivity contribution >= 4 is 11.6 Å². The number of rotatable bonds is 6. The molecular weight excluding hydrogens is 322 g/mol. The number of aromatic nitrogens is 1. The normalized spacial score (nSPS) is 16.2. The molecule has 0 fully saturated rings. The van der Waals surface area contributed by atoms with Gasteiger partial charge < -0.3 is 9.64 Å². The summed E-state index contributed by atoms with van der Waals surface area (Å²) in [6, 6.07) is 9.99. The molecule has 1 aromatic heterocycles. The summed E-state index contributed by atoms with van der Waals surface area (Å²) in [5.74, 6) is 0.762. The van der Waals surface area contributed by atoms with Crippen molar-refractivity contribution in [2.24, 2.45) is 0 Å². The van der Waals surface area contributed by atoms with E-state index in [0.717, 1.165) is 49.6 Å². The van der Waals surface area contributed by atoms with E-state index in [2.05, 4.69) is 41.2 Å². The fraction of sp³-hybridized carbons (Fsp3) is 0.421. The lowest BCUT2D eigenvalue weighted by Gasteiger charge is -2.23. The Morgan fingerprint density at radius 2 is 2.00 bits per heavy atom. The van der Waals surface area contributed by atoms with Crippen LogP contribution < -0.4 is 10.1 Å². The molecule has 2 aromatic rings. The van der Waals surface area contributed by atoms with E-state index in [1.807, 2.05) is 24.4 Å². The Kier molecular flexibility index (Phi) is 5.72. The van der Waals surface area contributed by atoms with Crippen LogP contribution >= 0.6 is 11.6 Å². The maximum absolute atomic E-state index is 6.37. The summed E-state index contributed by atoms with van der Waals surface area (Å²) < 4.78 is 6.24. The Morgan fingerprint density at radius 3 is 2.79 bits per heavy atom. The molecule has 1 aliphatic heterocycles. The van der Waals surface area contributed by atoms with Crippen LogP contribution in [-0.2, 0) is 6.42 Å². The van der Waals surface area contributed by atoms with E-state index < -0.39 is 0 Å². The van der Waals surface area contributed by atoms with Gasteiger partial charge in [0.2, 0.25) is 0 Å². The highest BCUT2D eigenvalue weighted by Crippen LogP contribution is 2.36. The quantitative estimate of drug-likeness (QED) is 0.867. The summed E-state index contributed by atoms with van der Waals surface area (Å²) in [5.41, 5.74) is 3.23. The van der Waals surface area contributed by atoms with Gasteiger partial charge in [-0.05, 0) is 30.8 Å². The first kappa shape index (κ1) is 17.2. The predicted octanol–water partition coefficient (Wildman–Crippen LogP) is 3.65. The van der Waals surface area contributed by atoms with Crippen molar-refractivity contribution in [3.05, 3.63) is 58.4 Å². The second kappa shape index (κ2) is 7.97. The molecule has 5 heteroatoms. The van der Waals surface area contributed by atoms with Crippen LogP contribution in [0.3, 0.4) is 0 Å². The highest BCUT2D eigenvalue weighted by Gasteiger charge is 2.25. The van der Waals surface area contributed by atoms with Gasteiger partial charge in [-0.3, -0.25) is 10.3 Å². The SMILES string of the molecule is CCN(CC)CCNC1Oc2c(Cl)cccc2Cc2cccnc21. The van der Waals surface area contributed by atoms with Gasteiger partial charge in [-0.25, -0.2) is 0 Å². The molecule has 0 bridgehead atoms. The lowest BCUT2D eigenvalue weighted by atomic mass is 10.0. The van der Waals surface area contributed by atoms with E-state index >= 15 is 0 Å². The summed E-state index contributed by atoms with van der Waals surface area (Å²) in [5, 5.41) is 4.15. The number of nitrogens with zero attached hydrogens (tertiary/aromatic N) is 2. The highest BCUT2D eigenvalue weighted by atomic mass is 35.5. The maximum Gasteiger partial charge on any atom is 0.193 e. The maximum atomic E-state index is 6.37. The van der Waals surface area contributed by atoms with Crippen molar-refractivity contribution in [1.29, 1.82) is 0 Å². The number of pyridine rings is 1. The topological polar surface area (TPSA) is 37.4 Å². The Hall–Kier alpha value is -1.62. The van der Waals surface area contributed by atoms with Crippen LogP contribution in [0.4, 0.5) is 0 Å². The molecule has 1 N–H and O–H groups in total. The predicted molar refractivity (Wildman–Crippen MR) is 97.7 cm³/mol. The van der Waals surface area contributed by atoms with Crippen LogP contribution in [0.5, 0.6) is 5.75 Å². The fourth-order valence-electron chi connectivity index (χ4n) is 3.07. The summed E-state index contributed by atoms with van der Waals surface area (Å²) in [7, 11) is 0. The third kappa shape index (κ3) is 3.72. The second-order valence-corrected chi connectivity index (χ2v) is 6.34. The van der Waals surface area contributed by atoms with E-state index in [1.165, 1.54) is 5.56 Å². The van der Waals surface area contributed by atoms with Gasteiger partial charge >= 0.3 is 0 Å². The van der Waals surface area contributed by atoms with Gasteiger partial charge in [-0.1, -0.05) is 43.6 Å². The van der Waals surface area contributed by atoms with Gasteiger partial charge in [0.1, 0.15) is 5.75 Å². The minimum Gasteiger partial charge on any atom is -0.468 e. The summed E-state index contributed by atoms with van der Waals surface area (Å²) in [6.07, 6.45) is 2.32. The summed E-state index contributed by atoms with van der Waals surface area (Å²) in [4.78, 5) is 6.95. The number of para-hydroxylation sites is 1. The summed E-state index contributed by atoms with van der Waals surface area (Å²) >= 11 is 6.37. The van der Waals surface area contributed by atoms with Crippen LogP contribution in [0.1, 0.15) is 36.9 Å². The molecule has 2 heterocycles. The van der Waals surface area contributed by atoms with Crippen molar-refractivity contribution in [2.75, 3.05) is 26.2 Å². The van der Waals surface area contributed by atoms with E-state index in [4.69, 9.17) is 16.3 Å². The van der Waals surface area contributed by atoms with Gasteiger partial charge in [0.25, 0.3) is 0 Å². The summed E-state index contributed by atoms with van der Waals surface area (Å²) in [6.45, 7) is 8.27. The highest BCUT2D eigenvalue weighted by molar-refractivity contribution is 6.32. The molecule has 1 atom stereocenters. The molecule has 0 aliphatic carbocycles. The average Bonchev–Trinajstić information content (AvgIpc) is 2.76. The van der Waals surface area contributed by atoms with Crippen molar-refractivity contribution in [1.82, 2.24) is 15.2 Å². The molecule has 1 aromatic carbocycles. The third-order valence-corrected chi connectivity index (χ3v) is 4.79. The monoisotopic (exact) mass is 345 g/mol. The van der Waals surface area contributed by atoms with E-state index in [1.54, 1.807) is 0 Å². The van der Waals surface area contributed by atoms with Crippen LogP contribution in [0.15, 0.2) is 36.5 Å². The van der Waals surface area contributed by atoms with E-state index in [-0.39, 0.29) is 6.23 Å². The molecule has 0 saturated heterocycles. The minimum atomic E-state index is -0.280. The van der Waals surface area contributed by atoms with Crippen LogP contribution in [0.25, 0.3) is 0 Å². The molecule has 3 rings (SSSR count). The van der Waals surface area contributed by atoms with Crippen molar-refractivity contribution in [3.63, 3.8) is 0 Å². The smallest absolute Gasteiger partial charge is 0.193 e. The van der Waals surface area contributed by atoms with Crippen molar-refractivity contribution in [3.8, 4) is 5.75 Å². The first-order valence-electron chi connectivity index (χ1n) is 8.56. The molecule has 1 unspecified atom stereocenters. The number of fused-ring (bicyclic) bond motifs is 2. The van der Waals surface area contributed by atoms with Gasteiger partial charge in [-0.15, -0.1) is 0 Å². The zero-order valence-corrected chi connectivity index (χ0v) is 15.0. The van der Waals surface area contributed by atoms with Crippen LogP contribution in [-0.4, -0.2) is 36.1 Å². The molecule has 1 aliphatic rings. The molecule has 24 heavy (non-hydrogen) atoms. The molecule has 0 radical (unpaired) electrons. The Balaban J connectivity index is 1.83. The second-order valence-electron chi connectivity index (χ2n) is 5.93. The van der Waals surface area contributed by atoms with Gasteiger partial charge in [0.05, 0.1) is 10.7 Å². The number of nitrogens with one attached hydrogen (secondary N) is 1. The van der Waals surface area contributed by atoms with E-state index in [9.17, 15) is 0 Å². The molecule has 128 valence electrons. The molecule has 0 spiro atoms. The molecular formula is C19H24ClN3O. The first-order chi connectivity index (χ1) is 11.7. The van der Waals surface area contributed by atoms with Crippen LogP contribution in [0.2, 0.25) is 5.02 Å². The average molecular weight is 346 g/mol. The number of halogens is 1. The van der Waals surface area contributed by atoms with Crippen molar-refractivity contribution in [2.45, 2.75) is 26.5 Å². The van der Waals surface area contributed by atoms with Gasteiger partial charge in [-0.2, -0.15) is 0 Å². The van der Waals surface area contributed by atoms with Gasteiger partial charge in [0, 0.05) is 31.3 Å². The van der Waals surface area contributed by atoms with Crippen LogP contribution in [0, 0.1) is 0 Å². The zero-order chi connectivity index (χ0) is 16.9. The Bertz CT molecular complexity index is 688. The molecule has 0 saturated carbocycles. The third-order valence-electron chi connectivity index (χ3n) is 4.49. The first-order valence-corrected chi connectivity index (χ1v) is 8.94. The van der Waals surface area contributed by atoms with Gasteiger partial charge in [0.15, 0.2) is 6.23 Å². The van der Waals surface area contributed by atoms with Crippen molar-refractivity contribution < 1.29 is 4.74 Å². The number of hydrogen-bond acceptors (Lipinski definition) is 4. The Labute approximate surface area is 148 Å². The largest absolute Gasteiger partial charge is 0.468 e. The van der Waals surface area contributed by atoms with E-state index in [0.29, 0.717) is 5.02 Å². The number of ether oxygens (including phenoxy) is 1. The lowest BCUT2D eigenvalue weighted by Crippen LogP contribution is -2.36. The molecule has 0 amide bonds. The number of benzene rings is 1. The zero-order valence-electron chi connectivity index (χ0n) is 14.3. The number of hydrogen-bond donors (Lipinski definition) is 1. The molecule has 4 nitrogen and oxygen atoms in total. The lowest BCUT2D eigenvalue weighted by molar-refractivity contribution is 0.155. The fourth-order valence-corrected chi connectivity index (χ4v) is 3.31. The number of likely N-dealkylation sites (N-methyl/N-ethyl adjacent to an activating group) is 1.